The third kappa shape index (κ3) is 4.82. The van der Waals surface area contributed by atoms with Gasteiger partial charge in [0.1, 0.15) is 6.04 Å². The number of fused-ring (bicyclic) bond motifs is 1. The normalized spacial score (nSPS) is 15.3. The molecule has 0 fully saturated rings. The van der Waals surface area contributed by atoms with Crippen molar-refractivity contribution in [3.63, 3.8) is 0 Å². The molecule has 1 heterocycles. The lowest BCUT2D eigenvalue weighted by atomic mass is 10.3. The zero-order chi connectivity index (χ0) is 15.1. The lowest BCUT2D eigenvalue weighted by Crippen LogP contribution is -2.39. The van der Waals surface area contributed by atoms with Crippen molar-refractivity contribution in [2.24, 2.45) is 0 Å². The van der Waals surface area contributed by atoms with E-state index < -0.39 is 12.0 Å². The van der Waals surface area contributed by atoms with Gasteiger partial charge in [0.05, 0.1) is 13.2 Å². The van der Waals surface area contributed by atoms with Crippen molar-refractivity contribution in [3.8, 4) is 11.5 Å². The van der Waals surface area contributed by atoms with E-state index in [1.54, 1.807) is 0 Å². The Morgan fingerprint density at radius 3 is 2.86 bits per heavy atom. The van der Waals surface area contributed by atoms with Gasteiger partial charge in [-0.05, 0) is 31.2 Å². The molecule has 0 spiro atoms. The minimum atomic E-state index is -0.815. The van der Waals surface area contributed by atoms with Crippen LogP contribution in [0.5, 0.6) is 11.5 Å². The lowest BCUT2D eigenvalue weighted by Gasteiger charge is -2.14. The molecule has 0 saturated heterocycles. The Kier molecular flexibility index (Phi) is 6.20. The van der Waals surface area contributed by atoms with Crippen molar-refractivity contribution in [3.05, 3.63) is 18.2 Å². The predicted molar refractivity (Wildman–Crippen MR) is 82.5 cm³/mol. The van der Waals surface area contributed by atoms with Gasteiger partial charge in [-0.15, -0.1) is 11.8 Å². The van der Waals surface area contributed by atoms with Crippen LogP contribution in [-0.2, 0) is 4.79 Å². The summed E-state index contributed by atoms with van der Waals surface area (Å²) in [7, 11) is 0. The third-order valence-corrected chi connectivity index (χ3v) is 4.16. The van der Waals surface area contributed by atoms with Crippen molar-refractivity contribution in [1.29, 1.82) is 0 Å². The first-order valence-corrected chi connectivity index (χ1v) is 8.18. The van der Waals surface area contributed by atoms with Gasteiger partial charge in [-0.25, -0.2) is 0 Å². The molecule has 6 heteroatoms. The van der Waals surface area contributed by atoms with Crippen LogP contribution >= 0.6 is 11.8 Å². The third-order valence-electron chi connectivity index (χ3n) is 3.07. The van der Waals surface area contributed by atoms with E-state index in [0.29, 0.717) is 25.5 Å². The number of hydrogen-bond donors (Lipinski definition) is 2. The van der Waals surface area contributed by atoms with E-state index in [1.165, 1.54) is 11.8 Å². The Bertz CT molecular complexity index is 481. The quantitative estimate of drug-likeness (QED) is 0.754. The van der Waals surface area contributed by atoms with Crippen LogP contribution in [-0.4, -0.2) is 42.6 Å². The summed E-state index contributed by atoms with van der Waals surface area (Å²) in [6.07, 6.45) is 1.79. The van der Waals surface area contributed by atoms with E-state index >= 15 is 0 Å². The Hall–Kier alpha value is -1.40. The number of carboxylic acids is 1. The number of rotatable bonds is 7. The molecular formula is C15H21NO4S. The van der Waals surface area contributed by atoms with E-state index in [0.717, 1.165) is 29.2 Å². The number of ether oxygens (including phenoxy) is 2. The van der Waals surface area contributed by atoms with Gasteiger partial charge >= 0.3 is 5.97 Å². The van der Waals surface area contributed by atoms with Gasteiger partial charge in [0.2, 0.25) is 0 Å². The Morgan fingerprint density at radius 1 is 1.38 bits per heavy atom. The molecule has 2 rings (SSSR count). The highest BCUT2D eigenvalue weighted by Crippen LogP contribution is 2.34. The minimum Gasteiger partial charge on any atom is -0.490 e. The number of aliphatic carboxylic acids is 1. The van der Waals surface area contributed by atoms with Crippen molar-refractivity contribution >= 4 is 17.7 Å². The van der Waals surface area contributed by atoms with Crippen LogP contribution in [0.3, 0.4) is 0 Å². The van der Waals surface area contributed by atoms with Crippen molar-refractivity contribution in [2.75, 3.05) is 25.5 Å². The molecule has 1 aromatic rings. The predicted octanol–water partition coefficient (Wildman–Crippen LogP) is 2.39. The summed E-state index contributed by atoms with van der Waals surface area (Å²) < 4.78 is 11.2. The minimum absolute atomic E-state index is 0.481. The molecule has 5 nitrogen and oxygen atoms in total. The molecule has 0 saturated carbocycles. The molecule has 1 atom stereocenters. The molecule has 0 aliphatic carbocycles. The standard InChI is InChI=1S/C15H21NO4S/c1-2-6-16-12(15(17)18)10-21-11-4-5-13-14(9-11)20-8-3-7-19-13/h4-5,9,12,16H,2-3,6-8,10H2,1H3,(H,17,18). The summed E-state index contributed by atoms with van der Waals surface area (Å²) in [5, 5.41) is 12.2. The van der Waals surface area contributed by atoms with Gasteiger partial charge in [-0.2, -0.15) is 0 Å². The Morgan fingerprint density at radius 2 is 2.14 bits per heavy atom. The Balaban J connectivity index is 1.96. The number of benzene rings is 1. The number of thioether (sulfide) groups is 1. The first kappa shape index (κ1) is 16.0. The summed E-state index contributed by atoms with van der Waals surface area (Å²) in [5.74, 6) is 1.17. The fourth-order valence-corrected chi connectivity index (χ4v) is 2.92. The fourth-order valence-electron chi connectivity index (χ4n) is 1.95. The lowest BCUT2D eigenvalue weighted by molar-refractivity contribution is -0.138. The second kappa shape index (κ2) is 8.14. The van der Waals surface area contributed by atoms with Gasteiger partial charge < -0.3 is 19.9 Å². The highest BCUT2D eigenvalue weighted by molar-refractivity contribution is 7.99. The van der Waals surface area contributed by atoms with Crippen LogP contribution in [0.15, 0.2) is 23.1 Å². The molecule has 21 heavy (non-hydrogen) atoms. The Labute approximate surface area is 129 Å². The van der Waals surface area contributed by atoms with Gasteiger partial charge in [0.15, 0.2) is 11.5 Å². The van der Waals surface area contributed by atoms with Crippen LogP contribution in [0.2, 0.25) is 0 Å². The zero-order valence-electron chi connectivity index (χ0n) is 12.1. The summed E-state index contributed by atoms with van der Waals surface area (Å²) >= 11 is 1.51. The number of hydrogen-bond acceptors (Lipinski definition) is 5. The summed E-state index contributed by atoms with van der Waals surface area (Å²) in [6, 6.07) is 5.21. The van der Waals surface area contributed by atoms with Crippen LogP contribution in [0, 0.1) is 0 Å². The van der Waals surface area contributed by atoms with E-state index in [1.807, 2.05) is 25.1 Å². The monoisotopic (exact) mass is 311 g/mol. The molecule has 0 amide bonds. The average molecular weight is 311 g/mol. The van der Waals surface area contributed by atoms with E-state index in [4.69, 9.17) is 9.47 Å². The number of nitrogens with one attached hydrogen (secondary N) is 1. The maximum absolute atomic E-state index is 11.2. The van der Waals surface area contributed by atoms with Crippen LogP contribution in [0.25, 0.3) is 0 Å². The van der Waals surface area contributed by atoms with Crippen molar-refractivity contribution in [1.82, 2.24) is 5.32 Å². The average Bonchev–Trinajstić information content (AvgIpc) is 2.71. The van der Waals surface area contributed by atoms with E-state index in [-0.39, 0.29) is 0 Å². The SMILES string of the molecule is CCCNC(CSc1ccc2c(c1)OCCCO2)C(=O)O. The molecule has 116 valence electrons. The molecule has 1 aromatic carbocycles. The molecule has 2 N–H and O–H groups in total. The van der Waals surface area contributed by atoms with Crippen molar-refractivity contribution < 1.29 is 19.4 Å². The smallest absolute Gasteiger partial charge is 0.321 e. The maximum Gasteiger partial charge on any atom is 0.321 e. The van der Waals surface area contributed by atoms with Crippen LogP contribution in [0.4, 0.5) is 0 Å². The molecule has 0 bridgehead atoms. The van der Waals surface area contributed by atoms with Crippen LogP contribution < -0.4 is 14.8 Å². The molecule has 0 radical (unpaired) electrons. The zero-order valence-corrected chi connectivity index (χ0v) is 12.9. The van der Waals surface area contributed by atoms with E-state index in [2.05, 4.69) is 5.32 Å². The van der Waals surface area contributed by atoms with Gasteiger partial charge in [0, 0.05) is 17.1 Å². The van der Waals surface area contributed by atoms with Gasteiger partial charge in [-0.3, -0.25) is 4.79 Å². The molecule has 1 unspecified atom stereocenters. The summed E-state index contributed by atoms with van der Waals surface area (Å²) in [4.78, 5) is 12.2. The first-order chi connectivity index (χ1) is 10.2. The topological polar surface area (TPSA) is 67.8 Å². The molecule has 1 aliphatic heterocycles. The summed E-state index contributed by atoms with van der Waals surface area (Å²) in [6.45, 7) is 4.04. The largest absolute Gasteiger partial charge is 0.490 e. The van der Waals surface area contributed by atoms with Gasteiger partial charge in [-0.1, -0.05) is 6.92 Å². The highest BCUT2D eigenvalue weighted by Gasteiger charge is 2.17. The number of carboxylic acid groups (broad SMARTS) is 1. The second-order valence-corrected chi connectivity index (χ2v) is 5.91. The molecular weight excluding hydrogens is 290 g/mol. The first-order valence-electron chi connectivity index (χ1n) is 7.19. The maximum atomic E-state index is 11.2. The van der Waals surface area contributed by atoms with E-state index in [9.17, 15) is 9.90 Å². The molecule has 1 aliphatic rings. The van der Waals surface area contributed by atoms with Crippen LogP contribution in [0.1, 0.15) is 19.8 Å². The van der Waals surface area contributed by atoms with Crippen molar-refractivity contribution in [2.45, 2.75) is 30.7 Å². The highest BCUT2D eigenvalue weighted by atomic mass is 32.2. The van der Waals surface area contributed by atoms with Gasteiger partial charge in [0.25, 0.3) is 0 Å². The fraction of sp³-hybridized carbons (Fsp3) is 0.533. The molecule has 0 aromatic heterocycles. The second-order valence-electron chi connectivity index (χ2n) is 4.81. The summed E-state index contributed by atoms with van der Waals surface area (Å²) in [5.41, 5.74) is 0. The number of carbonyl (C=O) groups is 1.